The second-order valence-corrected chi connectivity index (χ2v) is 5.65. The zero-order valence-electron chi connectivity index (χ0n) is 11.3. The van der Waals surface area contributed by atoms with E-state index in [1.807, 2.05) is 34.6 Å². The highest BCUT2D eigenvalue weighted by molar-refractivity contribution is 6.30. The van der Waals surface area contributed by atoms with Gasteiger partial charge in [0, 0.05) is 5.56 Å². The first-order chi connectivity index (χ1) is 8.29. The lowest BCUT2D eigenvalue weighted by Gasteiger charge is -2.18. The molecule has 0 bridgehead atoms. The Morgan fingerprint density at radius 1 is 1.17 bits per heavy atom. The molecular weight excluding hydrogens is 252 g/mol. The summed E-state index contributed by atoms with van der Waals surface area (Å²) in [5, 5.41) is 13.0. The first-order valence-corrected chi connectivity index (χ1v) is 6.18. The van der Waals surface area contributed by atoms with E-state index in [4.69, 9.17) is 16.3 Å². The Hall–Kier alpha value is -1.20. The molecule has 2 rings (SSSR count). The van der Waals surface area contributed by atoms with Crippen molar-refractivity contribution in [2.24, 2.45) is 0 Å². The molecule has 0 saturated carbocycles. The number of aryl methyl sites for hydroxylation is 1. The van der Waals surface area contributed by atoms with Gasteiger partial charge < -0.3 is 4.74 Å². The fourth-order valence-corrected chi connectivity index (χ4v) is 1.72. The van der Waals surface area contributed by atoms with Crippen LogP contribution in [-0.2, 0) is 11.3 Å². The topological polar surface area (TPSA) is 52.3 Å². The van der Waals surface area contributed by atoms with Gasteiger partial charge in [-0.2, -0.15) is 9.61 Å². The summed E-state index contributed by atoms with van der Waals surface area (Å²) in [6.45, 7) is 10.2. The Kier molecular flexibility index (Phi) is 3.29. The first-order valence-electron chi connectivity index (χ1n) is 5.80. The summed E-state index contributed by atoms with van der Waals surface area (Å²) in [6.07, 6.45) is 0. The fraction of sp³-hybridized carbons (Fsp3) is 0.583. The van der Waals surface area contributed by atoms with Crippen LogP contribution in [0.5, 0.6) is 0 Å². The van der Waals surface area contributed by atoms with E-state index in [-0.39, 0.29) is 5.60 Å². The number of aromatic nitrogens is 4. The number of halogens is 1. The normalized spacial score (nSPS) is 12.3. The largest absolute Gasteiger partial charge is 0.368 e. The highest BCUT2D eigenvalue weighted by atomic mass is 35.5. The Labute approximate surface area is 111 Å². The zero-order chi connectivity index (χ0) is 13.5. The molecule has 98 valence electrons. The maximum Gasteiger partial charge on any atom is 0.181 e. The molecule has 0 unspecified atom stereocenters. The molecule has 0 aliphatic rings. The molecule has 0 saturated heterocycles. The van der Waals surface area contributed by atoms with Crippen LogP contribution in [0.4, 0.5) is 0 Å². The lowest BCUT2D eigenvalue weighted by molar-refractivity contribution is -0.0188. The van der Waals surface area contributed by atoms with Crippen LogP contribution < -0.4 is 0 Å². The molecule has 0 spiro atoms. The SMILES string of the molecule is Cc1c(Cl)nn2c(COC(C)(C)C)nnc2c1C. The van der Waals surface area contributed by atoms with Crippen LogP contribution in [0.15, 0.2) is 0 Å². The maximum atomic E-state index is 6.08. The van der Waals surface area contributed by atoms with Crippen molar-refractivity contribution < 1.29 is 4.74 Å². The van der Waals surface area contributed by atoms with Crippen molar-refractivity contribution in [1.29, 1.82) is 0 Å². The summed E-state index contributed by atoms with van der Waals surface area (Å²) in [7, 11) is 0. The third kappa shape index (κ3) is 2.47. The number of rotatable bonds is 2. The summed E-state index contributed by atoms with van der Waals surface area (Å²) < 4.78 is 7.33. The van der Waals surface area contributed by atoms with E-state index in [2.05, 4.69) is 15.3 Å². The molecule has 18 heavy (non-hydrogen) atoms. The van der Waals surface area contributed by atoms with Crippen molar-refractivity contribution in [1.82, 2.24) is 19.8 Å². The highest BCUT2D eigenvalue weighted by Crippen LogP contribution is 2.20. The molecule has 0 aliphatic carbocycles. The van der Waals surface area contributed by atoms with Gasteiger partial charge in [0.15, 0.2) is 16.6 Å². The predicted molar refractivity (Wildman–Crippen MR) is 69.8 cm³/mol. The molecule has 5 nitrogen and oxygen atoms in total. The summed E-state index contributed by atoms with van der Waals surface area (Å²) >= 11 is 6.08. The average Bonchev–Trinajstić information content (AvgIpc) is 2.65. The monoisotopic (exact) mass is 268 g/mol. The van der Waals surface area contributed by atoms with Crippen LogP contribution in [0.1, 0.15) is 37.7 Å². The standard InChI is InChI=1S/C12H17ClN4O/c1-7-8(2)11-15-14-9(6-18-12(3,4)5)17(11)16-10(7)13/h6H2,1-5H3. The van der Waals surface area contributed by atoms with Crippen LogP contribution in [0, 0.1) is 13.8 Å². The Bertz CT molecular complexity index is 586. The molecule has 0 amide bonds. The van der Waals surface area contributed by atoms with Gasteiger partial charge in [0.25, 0.3) is 0 Å². The number of ether oxygens (including phenoxy) is 1. The second-order valence-electron chi connectivity index (χ2n) is 5.29. The Balaban J connectivity index is 2.42. The van der Waals surface area contributed by atoms with E-state index in [0.29, 0.717) is 17.6 Å². The van der Waals surface area contributed by atoms with Crippen molar-refractivity contribution in [3.8, 4) is 0 Å². The van der Waals surface area contributed by atoms with Crippen LogP contribution in [0.3, 0.4) is 0 Å². The molecule has 0 aromatic carbocycles. The number of hydrogen-bond donors (Lipinski definition) is 0. The zero-order valence-corrected chi connectivity index (χ0v) is 12.0. The third-order valence-electron chi connectivity index (χ3n) is 2.73. The minimum Gasteiger partial charge on any atom is -0.368 e. The summed E-state index contributed by atoms with van der Waals surface area (Å²) in [5.41, 5.74) is 2.42. The van der Waals surface area contributed by atoms with Crippen molar-refractivity contribution in [2.75, 3.05) is 0 Å². The number of fused-ring (bicyclic) bond motifs is 1. The van der Waals surface area contributed by atoms with Crippen molar-refractivity contribution in [3.05, 3.63) is 22.1 Å². The molecule has 0 N–H and O–H groups in total. The number of hydrogen-bond acceptors (Lipinski definition) is 4. The van der Waals surface area contributed by atoms with Gasteiger partial charge in [0.05, 0.1) is 5.60 Å². The fourth-order valence-electron chi connectivity index (χ4n) is 1.51. The van der Waals surface area contributed by atoms with E-state index in [1.54, 1.807) is 4.52 Å². The van der Waals surface area contributed by atoms with Gasteiger partial charge in [-0.15, -0.1) is 10.2 Å². The summed E-state index contributed by atoms with van der Waals surface area (Å²) in [4.78, 5) is 0. The van der Waals surface area contributed by atoms with E-state index in [1.165, 1.54) is 0 Å². The third-order valence-corrected chi connectivity index (χ3v) is 3.09. The number of nitrogens with zero attached hydrogens (tertiary/aromatic N) is 4. The Morgan fingerprint density at radius 3 is 2.44 bits per heavy atom. The Morgan fingerprint density at radius 2 is 1.83 bits per heavy atom. The second kappa shape index (κ2) is 4.48. The van der Waals surface area contributed by atoms with Gasteiger partial charge in [-0.05, 0) is 40.2 Å². The molecule has 6 heteroatoms. The first kappa shape index (κ1) is 13.2. The lowest BCUT2D eigenvalue weighted by Crippen LogP contribution is -2.19. The smallest absolute Gasteiger partial charge is 0.181 e. The van der Waals surface area contributed by atoms with E-state index >= 15 is 0 Å². The average molecular weight is 269 g/mol. The molecular formula is C12H17ClN4O. The van der Waals surface area contributed by atoms with Gasteiger partial charge in [-0.25, -0.2) is 0 Å². The maximum absolute atomic E-state index is 6.08. The molecule has 2 aromatic heterocycles. The summed E-state index contributed by atoms with van der Waals surface area (Å²) in [5.74, 6) is 0.657. The lowest BCUT2D eigenvalue weighted by atomic mass is 10.2. The molecule has 0 aliphatic heterocycles. The van der Waals surface area contributed by atoms with Crippen LogP contribution in [0.25, 0.3) is 5.65 Å². The van der Waals surface area contributed by atoms with Crippen LogP contribution in [0.2, 0.25) is 5.15 Å². The van der Waals surface area contributed by atoms with Crippen molar-refractivity contribution in [2.45, 2.75) is 46.8 Å². The van der Waals surface area contributed by atoms with Gasteiger partial charge in [0.2, 0.25) is 0 Å². The van der Waals surface area contributed by atoms with Crippen LogP contribution >= 0.6 is 11.6 Å². The molecule has 0 radical (unpaired) electrons. The molecule has 0 fully saturated rings. The van der Waals surface area contributed by atoms with E-state index in [9.17, 15) is 0 Å². The van der Waals surface area contributed by atoms with Gasteiger partial charge in [-0.1, -0.05) is 11.6 Å². The minimum absolute atomic E-state index is 0.227. The van der Waals surface area contributed by atoms with Gasteiger partial charge >= 0.3 is 0 Å². The van der Waals surface area contributed by atoms with Gasteiger partial charge in [0.1, 0.15) is 6.61 Å². The van der Waals surface area contributed by atoms with E-state index < -0.39 is 0 Å². The van der Waals surface area contributed by atoms with Crippen molar-refractivity contribution >= 4 is 17.2 Å². The molecule has 2 aromatic rings. The quantitative estimate of drug-likeness (QED) is 0.840. The summed E-state index contributed by atoms with van der Waals surface area (Å²) in [6, 6.07) is 0. The highest BCUT2D eigenvalue weighted by Gasteiger charge is 2.16. The van der Waals surface area contributed by atoms with Gasteiger partial charge in [-0.3, -0.25) is 0 Å². The predicted octanol–water partition coefficient (Wildman–Crippen LogP) is 2.71. The molecule has 2 heterocycles. The minimum atomic E-state index is -0.227. The van der Waals surface area contributed by atoms with E-state index in [0.717, 1.165) is 16.8 Å². The van der Waals surface area contributed by atoms with Crippen molar-refractivity contribution in [3.63, 3.8) is 0 Å². The molecule has 0 atom stereocenters. The van der Waals surface area contributed by atoms with Crippen LogP contribution in [-0.4, -0.2) is 25.4 Å².